The molecule has 154 valence electrons. The Labute approximate surface area is 171 Å². The van der Waals surface area contributed by atoms with E-state index in [1.165, 1.54) is 0 Å². The summed E-state index contributed by atoms with van der Waals surface area (Å²) in [6.45, 7) is 5.11. The van der Waals surface area contributed by atoms with Crippen LogP contribution in [0.2, 0.25) is 0 Å². The van der Waals surface area contributed by atoms with E-state index in [2.05, 4.69) is 5.32 Å². The average Bonchev–Trinajstić information content (AvgIpc) is 2.75. The lowest BCUT2D eigenvalue weighted by atomic mass is 9.95. The monoisotopic (exact) mass is 396 g/mol. The molecule has 0 aliphatic carbocycles. The number of amides is 2. The summed E-state index contributed by atoms with van der Waals surface area (Å²) in [4.78, 5) is 36.1. The van der Waals surface area contributed by atoms with Gasteiger partial charge in [0.2, 0.25) is 5.91 Å². The number of carbonyl (C=O) groups excluding carboxylic acids is 2. The normalized spacial score (nSPS) is 16.4. The maximum absolute atomic E-state index is 13.1. The predicted octanol–water partition coefficient (Wildman–Crippen LogP) is 2.41. The molecule has 0 spiro atoms. The number of hydrogen-bond donors (Lipinski definition) is 1. The zero-order valence-electron chi connectivity index (χ0n) is 17.5. The van der Waals surface area contributed by atoms with Crippen molar-refractivity contribution in [2.24, 2.45) is 0 Å². The van der Waals surface area contributed by atoms with E-state index in [-0.39, 0.29) is 24.2 Å². The quantitative estimate of drug-likeness (QED) is 0.839. The average molecular weight is 396 g/mol. The number of benzene rings is 1. The first-order valence-corrected chi connectivity index (χ1v) is 9.91. The number of aryl methyl sites for hydroxylation is 2. The molecule has 1 aromatic carbocycles. The molecule has 0 saturated carbocycles. The third kappa shape index (κ3) is 4.55. The minimum atomic E-state index is -0.0567. The summed E-state index contributed by atoms with van der Waals surface area (Å²) in [6.07, 6.45) is 2.11. The van der Waals surface area contributed by atoms with Crippen LogP contribution in [0.5, 0.6) is 5.75 Å². The van der Waals surface area contributed by atoms with Crippen LogP contribution in [-0.4, -0.2) is 53.9 Å². The molecule has 2 heterocycles. The predicted molar refractivity (Wildman–Crippen MR) is 110 cm³/mol. The number of nitrogens with zero attached hydrogens (tertiary/aromatic N) is 3. The molecule has 1 aromatic heterocycles. The van der Waals surface area contributed by atoms with Crippen molar-refractivity contribution in [3.63, 3.8) is 0 Å². The molecule has 0 unspecified atom stereocenters. The van der Waals surface area contributed by atoms with Crippen molar-refractivity contribution < 1.29 is 14.3 Å². The SMILES string of the molecule is CNC(=O)Cc1c(C)nc([C@H]2CCCN(C(=O)c3ccccc3OC)C2)nc1C. The molecule has 1 N–H and O–H groups in total. The number of para-hydroxylation sites is 1. The Balaban J connectivity index is 1.80. The van der Waals surface area contributed by atoms with Gasteiger partial charge in [-0.2, -0.15) is 0 Å². The van der Waals surface area contributed by atoms with Crippen LogP contribution in [0.4, 0.5) is 0 Å². The van der Waals surface area contributed by atoms with Crippen LogP contribution in [0.15, 0.2) is 24.3 Å². The fraction of sp³-hybridized carbons (Fsp3) is 0.455. The number of aromatic nitrogens is 2. The first-order valence-electron chi connectivity index (χ1n) is 9.91. The highest BCUT2D eigenvalue weighted by Gasteiger charge is 2.29. The van der Waals surface area contributed by atoms with Crippen molar-refractivity contribution in [2.75, 3.05) is 27.2 Å². The Morgan fingerprint density at radius 1 is 1.21 bits per heavy atom. The molecule has 1 fully saturated rings. The van der Waals surface area contributed by atoms with Gasteiger partial charge in [-0.15, -0.1) is 0 Å². The molecule has 3 rings (SSSR count). The highest BCUT2D eigenvalue weighted by Crippen LogP contribution is 2.28. The van der Waals surface area contributed by atoms with Crippen LogP contribution in [0.1, 0.15) is 51.9 Å². The van der Waals surface area contributed by atoms with Gasteiger partial charge in [0.05, 0.1) is 19.1 Å². The lowest BCUT2D eigenvalue weighted by molar-refractivity contribution is -0.120. The van der Waals surface area contributed by atoms with E-state index in [1.807, 2.05) is 30.9 Å². The lowest BCUT2D eigenvalue weighted by Crippen LogP contribution is -2.39. The van der Waals surface area contributed by atoms with E-state index in [1.54, 1.807) is 26.3 Å². The van der Waals surface area contributed by atoms with Crippen LogP contribution in [0.25, 0.3) is 0 Å². The highest BCUT2D eigenvalue weighted by molar-refractivity contribution is 5.97. The number of likely N-dealkylation sites (N-methyl/N-ethyl adjacent to an activating group) is 1. The van der Waals surface area contributed by atoms with E-state index in [0.29, 0.717) is 24.4 Å². The molecule has 0 bridgehead atoms. The summed E-state index contributed by atoms with van der Waals surface area (Å²) in [7, 11) is 3.20. The topological polar surface area (TPSA) is 84.4 Å². The summed E-state index contributed by atoms with van der Waals surface area (Å²) >= 11 is 0. The Hall–Kier alpha value is -2.96. The largest absolute Gasteiger partial charge is 0.496 e. The molecule has 7 heteroatoms. The molecular weight excluding hydrogens is 368 g/mol. The molecule has 1 saturated heterocycles. The minimum absolute atomic E-state index is 0.0307. The van der Waals surface area contributed by atoms with Gasteiger partial charge in [-0.1, -0.05) is 12.1 Å². The number of nitrogens with one attached hydrogen (secondary N) is 1. The maximum atomic E-state index is 13.1. The molecule has 2 amide bonds. The highest BCUT2D eigenvalue weighted by atomic mass is 16.5. The summed E-state index contributed by atoms with van der Waals surface area (Å²) < 4.78 is 5.35. The van der Waals surface area contributed by atoms with Crippen molar-refractivity contribution in [1.29, 1.82) is 0 Å². The molecular formula is C22H28N4O3. The molecule has 1 atom stereocenters. The smallest absolute Gasteiger partial charge is 0.257 e. The molecule has 1 aliphatic heterocycles. The summed E-state index contributed by atoms with van der Waals surface area (Å²) in [5.74, 6) is 1.32. The van der Waals surface area contributed by atoms with Gasteiger partial charge >= 0.3 is 0 Å². The van der Waals surface area contributed by atoms with Crippen molar-refractivity contribution in [3.05, 3.63) is 52.6 Å². The minimum Gasteiger partial charge on any atom is -0.496 e. The number of hydrogen-bond acceptors (Lipinski definition) is 5. The van der Waals surface area contributed by atoms with Crippen LogP contribution >= 0.6 is 0 Å². The van der Waals surface area contributed by atoms with Gasteiger partial charge in [0.15, 0.2) is 0 Å². The van der Waals surface area contributed by atoms with E-state index < -0.39 is 0 Å². The van der Waals surface area contributed by atoms with Crippen molar-refractivity contribution in [3.8, 4) is 5.75 Å². The maximum Gasteiger partial charge on any atom is 0.257 e. The number of likely N-dealkylation sites (tertiary alicyclic amines) is 1. The Morgan fingerprint density at radius 2 is 1.90 bits per heavy atom. The fourth-order valence-electron chi connectivity index (χ4n) is 3.82. The summed E-state index contributed by atoms with van der Waals surface area (Å²) in [5.41, 5.74) is 3.09. The molecule has 1 aliphatic rings. The van der Waals surface area contributed by atoms with Crippen molar-refractivity contribution >= 4 is 11.8 Å². The first kappa shape index (κ1) is 20.8. The Bertz CT molecular complexity index is 890. The number of methoxy groups -OCH3 is 1. The zero-order valence-corrected chi connectivity index (χ0v) is 17.5. The van der Waals surface area contributed by atoms with E-state index >= 15 is 0 Å². The fourth-order valence-corrected chi connectivity index (χ4v) is 3.82. The third-order valence-corrected chi connectivity index (χ3v) is 5.47. The molecule has 0 radical (unpaired) electrons. The molecule has 2 aromatic rings. The lowest BCUT2D eigenvalue weighted by Gasteiger charge is -2.32. The number of carbonyl (C=O) groups is 2. The number of piperidine rings is 1. The van der Waals surface area contributed by atoms with Gasteiger partial charge in [0, 0.05) is 43.0 Å². The van der Waals surface area contributed by atoms with E-state index in [9.17, 15) is 9.59 Å². The number of rotatable bonds is 5. The van der Waals surface area contributed by atoms with Crippen molar-refractivity contribution in [1.82, 2.24) is 20.2 Å². The van der Waals surface area contributed by atoms with E-state index in [4.69, 9.17) is 14.7 Å². The van der Waals surface area contributed by atoms with Gasteiger partial charge in [0.25, 0.3) is 5.91 Å². The second kappa shape index (κ2) is 9.03. The van der Waals surface area contributed by atoms with E-state index in [0.717, 1.165) is 35.6 Å². The second-order valence-electron chi connectivity index (χ2n) is 7.37. The summed E-state index contributed by atoms with van der Waals surface area (Å²) in [5, 5.41) is 2.64. The van der Waals surface area contributed by atoms with Gasteiger partial charge in [0.1, 0.15) is 11.6 Å². The van der Waals surface area contributed by atoms with Crippen molar-refractivity contribution in [2.45, 2.75) is 39.0 Å². The Morgan fingerprint density at radius 3 is 2.55 bits per heavy atom. The standard InChI is InChI=1S/C22H28N4O3/c1-14-18(12-20(27)23-3)15(2)25-21(24-14)16-8-7-11-26(13-16)22(28)17-9-5-6-10-19(17)29-4/h5-6,9-10,16H,7-8,11-13H2,1-4H3,(H,23,27)/t16-/m0/s1. The zero-order chi connectivity index (χ0) is 21.0. The summed E-state index contributed by atoms with van der Waals surface area (Å²) in [6, 6.07) is 7.30. The van der Waals surface area contributed by atoms with Gasteiger partial charge in [-0.05, 0) is 38.8 Å². The third-order valence-electron chi connectivity index (χ3n) is 5.47. The second-order valence-corrected chi connectivity index (χ2v) is 7.37. The van der Waals surface area contributed by atoms with Gasteiger partial charge in [-0.3, -0.25) is 9.59 Å². The van der Waals surface area contributed by atoms with Crippen LogP contribution in [0, 0.1) is 13.8 Å². The van der Waals surface area contributed by atoms with Crippen LogP contribution in [-0.2, 0) is 11.2 Å². The van der Waals surface area contributed by atoms with Crippen LogP contribution < -0.4 is 10.1 Å². The first-order chi connectivity index (χ1) is 13.9. The Kier molecular flexibility index (Phi) is 6.46. The number of ether oxygens (including phenoxy) is 1. The molecule has 7 nitrogen and oxygen atoms in total. The van der Waals surface area contributed by atoms with Crippen LogP contribution in [0.3, 0.4) is 0 Å². The molecule has 29 heavy (non-hydrogen) atoms. The van der Waals surface area contributed by atoms with Gasteiger partial charge < -0.3 is 15.0 Å². The van der Waals surface area contributed by atoms with Gasteiger partial charge in [-0.25, -0.2) is 9.97 Å².